The molecule has 2 aromatic rings. The summed E-state index contributed by atoms with van der Waals surface area (Å²) in [7, 11) is -1.69. The summed E-state index contributed by atoms with van der Waals surface area (Å²) >= 11 is 0. The Morgan fingerprint density at radius 2 is 1.91 bits per heavy atom. The molecule has 2 aromatic carbocycles. The zero-order valence-corrected chi connectivity index (χ0v) is 14.3. The van der Waals surface area contributed by atoms with E-state index >= 15 is 0 Å². The van der Waals surface area contributed by atoms with Gasteiger partial charge in [0.05, 0.1) is 22.8 Å². The second kappa shape index (κ2) is 5.77. The molecule has 0 aliphatic carbocycles. The van der Waals surface area contributed by atoms with E-state index < -0.39 is 10.0 Å². The maximum Gasteiger partial charge on any atom is 0.262 e. The summed E-state index contributed by atoms with van der Waals surface area (Å²) in [6.45, 7) is 5.20. The van der Waals surface area contributed by atoms with Crippen LogP contribution in [0.15, 0.2) is 41.3 Å². The molecule has 1 aliphatic rings. The highest BCUT2D eigenvalue weighted by Gasteiger charge is 2.21. The van der Waals surface area contributed by atoms with E-state index in [4.69, 9.17) is 4.74 Å². The van der Waals surface area contributed by atoms with Crippen LogP contribution in [0.4, 0.5) is 11.4 Å². The van der Waals surface area contributed by atoms with Crippen molar-refractivity contribution < 1.29 is 13.2 Å². The Hall–Kier alpha value is -2.21. The Balaban J connectivity index is 1.93. The molecule has 0 radical (unpaired) electrons. The number of hydrogen-bond acceptors (Lipinski definition) is 4. The molecule has 23 heavy (non-hydrogen) atoms. The van der Waals surface area contributed by atoms with Gasteiger partial charge < -0.3 is 9.64 Å². The van der Waals surface area contributed by atoms with Crippen molar-refractivity contribution in [3.8, 4) is 5.75 Å². The van der Waals surface area contributed by atoms with Gasteiger partial charge in [0.15, 0.2) is 0 Å². The smallest absolute Gasteiger partial charge is 0.262 e. The van der Waals surface area contributed by atoms with Crippen LogP contribution in [0.5, 0.6) is 5.75 Å². The first-order valence-corrected chi connectivity index (χ1v) is 8.93. The van der Waals surface area contributed by atoms with Gasteiger partial charge in [-0.1, -0.05) is 17.7 Å². The van der Waals surface area contributed by atoms with Crippen LogP contribution in [0, 0.1) is 13.8 Å². The lowest BCUT2D eigenvalue weighted by Crippen LogP contribution is -2.29. The van der Waals surface area contributed by atoms with Crippen LogP contribution in [0.1, 0.15) is 11.1 Å². The highest BCUT2D eigenvalue weighted by atomic mass is 32.2. The lowest BCUT2D eigenvalue weighted by atomic mass is 10.1. The first-order chi connectivity index (χ1) is 10.9. The second-order valence-electron chi connectivity index (χ2n) is 5.82. The molecule has 5 nitrogen and oxygen atoms in total. The highest BCUT2D eigenvalue weighted by molar-refractivity contribution is 7.92. The van der Waals surface area contributed by atoms with Crippen molar-refractivity contribution in [2.75, 3.05) is 29.8 Å². The number of nitrogens with zero attached hydrogens (tertiary/aromatic N) is 1. The molecule has 0 spiro atoms. The fourth-order valence-electron chi connectivity index (χ4n) is 2.64. The van der Waals surface area contributed by atoms with Crippen LogP contribution in [-0.4, -0.2) is 28.6 Å². The molecule has 0 fully saturated rings. The third kappa shape index (κ3) is 3.12. The van der Waals surface area contributed by atoms with Gasteiger partial charge in [0.25, 0.3) is 10.0 Å². The number of sulfonamides is 1. The third-order valence-electron chi connectivity index (χ3n) is 3.96. The molecule has 122 valence electrons. The van der Waals surface area contributed by atoms with Crippen molar-refractivity contribution in [1.82, 2.24) is 0 Å². The zero-order valence-electron chi connectivity index (χ0n) is 13.5. The Morgan fingerprint density at radius 1 is 1.13 bits per heavy atom. The normalized spacial score (nSPS) is 14.1. The second-order valence-corrected chi connectivity index (χ2v) is 7.51. The molecule has 0 amide bonds. The predicted molar refractivity (Wildman–Crippen MR) is 91.9 cm³/mol. The van der Waals surface area contributed by atoms with E-state index in [1.807, 2.05) is 37.9 Å². The summed E-state index contributed by atoms with van der Waals surface area (Å²) in [5.74, 6) is 0.599. The fraction of sp³-hybridized carbons (Fsp3) is 0.294. The van der Waals surface area contributed by atoms with Gasteiger partial charge in [0.2, 0.25) is 0 Å². The van der Waals surface area contributed by atoms with Crippen molar-refractivity contribution in [3.63, 3.8) is 0 Å². The van der Waals surface area contributed by atoms with Crippen molar-refractivity contribution in [2.45, 2.75) is 18.7 Å². The topological polar surface area (TPSA) is 58.6 Å². The molecule has 0 aromatic heterocycles. The summed E-state index contributed by atoms with van der Waals surface area (Å²) < 4.78 is 33.5. The van der Waals surface area contributed by atoms with Gasteiger partial charge in [-0.3, -0.25) is 4.72 Å². The van der Waals surface area contributed by atoms with E-state index in [2.05, 4.69) is 4.72 Å². The van der Waals surface area contributed by atoms with Gasteiger partial charge in [-0.15, -0.1) is 0 Å². The van der Waals surface area contributed by atoms with Gasteiger partial charge in [-0.05, 0) is 37.6 Å². The van der Waals surface area contributed by atoms with Crippen molar-refractivity contribution in [2.24, 2.45) is 0 Å². The van der Waals surface area contributed by atoms with E-state index in [-0.39, 0.29) is 4.90 Å². The molecular formula is C17H20N2O3S. The van der Waals surface area contributed by atoms with Crippen LogP contribution in [-0.2, 0) is 10.0 Å². The van der Waals surface area contributed by atoms with Gasteiger partial charge in [0.1, 0.15) is 12.4 Å². The minimum Gasteiger partial charge on any atom is -0.490 e. The molecule has 0 atom stereocenters. The molecule has 6 heteroatoms. The maximum atomic E-state index is 12.6. The van der Waals surface area contributed by atoms with E-state index in [1.165, 1.54) is 0 Å². The first-order valence-electron chi connectivity index (χ1n) is 7.45. The number of anilines is 2. The number of fused-ring (bicyclic) bond motifs is 1. The van der Waals surface area contributed by atoms with Crippen molar-refractivity contribution in [1.29, 1.82) is 0 Å². The maximum absolute atomic E-state index is 12.6. The summed E-state index contributed by atoms with van der Waals surface area (Å²) in [5, 5.41) is 0. The summed E-state index contributed by atoms with van der Waals surface area (Å²) in [6, 6.07) is 10.6. The van der Waals surface area contributed by atoms with Gasteiger partial charge in [-0.2, -0.15) is 0 Å². The summed E-state index contributed by atoms with van der Waals surface area (Å²) in [6.07, 6.45) is 0. The lowest BCUT2D eigenvalue weighted by Gasteiger charge is -2.27. The number of likely N-dealkylation sites (N-methyl/N-ethyl adjacent to an activating group) is 1. The fourth-order valence-corrected chi connectivity index (χ4v) is 3.78. The SMILES string of the molecule is Cc1ccc(NS(=O)(=O)c2ccc3c(c2)OCCN3C)c(C)c1. The first kappa shape index (κ1) is 15.7. The van der Waals surface area contributed by atoms with Gasteiger partial charge in [-0.25, -0.2) is 8.42 Å². The predicted octanol–water partition coefficient (Wildman–Crippen LogP) is 2.93. The molecular weight excluding hydrogens is 312 g/mol. The van der Waals surface area contributed by atoms with Crippen LogP contribution >= 0.6 is 0 Å². The quantitative estimate of drug-likeness (QED) is 0.939. The Morgan fingerprint density at radius 3 is 2.65 bits per heavy atom. The zero-order chi connectivity index (χ0) is 16.6. The minimum absolute atomic E-state index is 0.200. The largest absolute Gasteiger partial charge is 0.490 e. The Bertz CT molecular complexity index is 847. The van der Waals surface area contributed by atoms with E-state index in [9.17, 15) is 8.42 Å². The molecule has 1 aliphatic heterocycles. The van der Waals surface area contributed by atoms with Crippen molar-refractivity contribution >= 4 is 21.4 Å². The number of hydrogen-bond donors (Lipinski definition) is 1. The molecule has 0 saturated carbocycles. The monoisotopic (exact) mass is 332 g/mol. The Kier molecular flexibility index (Phi) is 3.93. The minimum atomic E-state index is -3.65. The molecule has 0 saturated heterocycles. The summed E-state index contributed by atoms with van der Waals surface area (Å²) in [5.41, 5.74) is 3.48. The van der Waals surface area contributed by atoms with Crippen molar-refractivity contribution in [3.05, 3.63) is 47.5 Å². The lowest BCUT2D eigenvalue weighted by molar-refractivity contribution is 0.310. The third-order valence-corrected chi connectivity index (χ3v) is 5.33. The molecule has 0 unspecified atom stereocenters. The average Bonchev–Trinajstić information content (AvgIpc) is 2.50. The number of ether oxygens (including phenoxy) is 1. The van der Waals surface area contributed by atoms with Crippen LogP contribution in [0.3, 0.4) is 0 Å². The number of aryl methyl sites for hydroxylation is 2. The van der Waals surface area contributed by atoms with E-state index in [0.29, 0.717) is 18.0 Å². The van der Waals surface area contributed by atoms with E-state index in [0.717, 1.165) is 23.4 Å². The number of benzene rings is 2. The average molecular weight is 332 g/mol. The summed E-state index contributed by atoms with van der Waals surface area (Å²) in [4.78, 5) is 2.25. The van der Waals surface area contributed by atoms with Gasteiger partial charge in [0, 0.05) is 13.1 Å². The highest BCUT2D eigenvalue weighted by Crippen LogP contribution is 2.33. The molecule has 1 heterocycles. The molecule has 0 bridgehead atoms. The van der Waals surface area contributed by atoms with Crippen LogP contribution < -0.4 is 14.4 Å². The van der Waals surface area contributed by atoms with Gasteiger partial charge >= 0.3 is 0 Å². The van der Waals surface area contributed by atoms with E-state index in [1.54, 1.807) is 24.3 Å². The van der Waals surface area contributed by atoms with Crippen LogP contribution in [0.2, 0.25) is 0 Å². The number of nitrogens with one attached hydrogen (secondary N) is 1. The number of rotatable bonds is 3. The standard InChI is InChI=1S/C17H20N2O3S/c1-12-4-6-15(13(2)10-12)18-23(20,21)14-5-7-16-17(11-14)22-9-8-19(16)3/h4-7,10-11,18H,8-9H2,1-3H3. The molecule has 1 N–H and O–H groups in total. The van der Waals surface area contributed by atoms with Crippen LogP contribution in [0.25, 0.3) is 0 Å². The Labute approximate surface area is 136 Å². The molecule has 3 rings (SSSR count).